The van der Waals surface area contributed by atoms with E-state index in [2.05, 4.69) is 41.9 Å². The van der Waals surface area contributed by atoms with E-state index in [9.17, 15) is 4.79 Å². The molecule has 1 fully saturated rings. The van der Waals surface area contributed by atoms with Gasteiger partial charge in [0.1, 0.15) is 5.82 Å². The number of carbonyl (C=O) groups excluding carboxylic acids is 1. The SMILES string of the molecule is CCCCCCCCCCCCCCCCn1c(C(C)NC(=O)C2CC2)nc2ccccc21. The van der Waals surface area contributed by atoms with Crippen LogP contribution in [0.5, 0.6) is 0 Å². The van der Waals surface area contributed by atoms with Crippen molar-refractivity contribution in [2.45, 2.75) is 129 Å². The molecule has 4 nitrogen and oxygen atoms in total. The fourth-order valence-corrected chi connectivity index (χ4v) is 4.87. The molecule has 1 aliphatic rings. The minimum absolute atomic E-state index is 0.0443. The summed E-state index contributed by atoms with van der Waals surface area (Å²) >= 11 is 0. The predicted octanol–water partition coefficient (Wildman–Crippen LogP) is 8.10. The lowest BCUT2D eigenvalue weighted by Gasteiger charge is -2.16. The van der Waals surface area contributed by atoms with Crippen molar-refractivity contribution < 1.29 is 4.79 Å². The number of nitrogens with zero attached hydrogens (tertiary/aromatic N) is 2. The molecule has 2 aromatic rings. The summed E-state index contributed by atoms with van der Waals surface area (Å²) in [6, 6.07) is 8.32. The molecule has 33 heavy (non-hydrogen) atoms. The molecule has 0 saturated heterocycles. The van der Waals surface area contributed by atoms with Crippen LogP contribution in [0.4, 0.5) is 0 Å². The predicted molar refractivity (Wildman–Crippen MR) is 139 cm³/mol. The highest BCUT2D eigenvalue weighted by atomic mass is 16.2. The van der Waals surface area contributed by atoms with Gasteiger partial charge in [0.25, 0.3) is 0 Å². The normalized spacial score (nSPS) is 14.6. The Hall–Kier alpha value is -1.84. The van der Waals surface area contributed by atoms with Gasteiger partial charge in [0, 0.05) is 12.5 Å². The maximum atomic E-state index is 12.3. The molecule has 0 bridgehead atoms. The van der Waals surface area contributed by atoms with E-state index in [0.29, 0.717) is 0 Å². The monoisotopic (exact) mass is 453 g/mol. The molecule has 1 atom stereocenters. The van der Waals surface area contributed by atoms with Crippen molar-refractivity contribution in [1.82, 2.24) is 14.9 Å². The van der Waals surface area contributed by atoms with Crippen LogP contribution in [0.15, 0.2) is 24.3 Å². The molecule has 1 aromatic carbocycles. The van der Waals surface area contributed by atoms with Crippen LogP contribution in [0.25, 0.3) is 11.0 Å². The quantitative estimate of drug-likeness (QED) is 0.232. The van der Waals surface area contributed by atoms with Crippen molar-refractivity contribution in [2.75, 3.05) is 0 Å². The van der Waals surface area contributed by atoms with Gasteiger partial charge in [-0.15, -0.1) is 0 Å². The van der Waals surface area contributed by atoms with Gasteiger partial charge in [-0.1, -0.05) is 103 Å². The summed E-state index contributed by atoms with van der Waals surface area (Å²) in [5, 5.41) is 3.19. The lowest BCUT2D eigenvalue weighted by atomic mass is 10.0. The van der Waals surface area contributed by atoms with Gasteiger partial charge >= 0.3 is 0 Å². The van der Waals surface area contributed by atoms with Gasteiger partial charge in [-0.25, -0.2) is 4.98 Å². The van der Waals surface area contributed by atoms with E-state index in [4.69, 9.17) is 4.98 Å². The van der Waals surface area contributed by atoms with Crippen molar-refractivity contribution in [1.29, 1.82) is 0 Å². The second-order valence-corrected chi connectivity index (χ2v) is 10.2. The number of fused-ring (bicyclic) bond motifs is 1. The lowest BCUT2D eigenvalue weighted by Crippen LogP contribution is -2.29. The summed E-state index contributed by atoms with van der Waals surface area (Å²) in [6.45, 7) is 5.34. The number of benzene rings is 1. The van der Waals surface area contributed by atoms with Gasteiger partial charge < -0.3 is 9.88 Å². The third-order valence-electron chi connectivity index (χ3n) is 7.11. The maximum absolute atomic E-state index is 12.3. The summed E-state index contributed by atoms with van der Waals surface area (Å²) in [5.74, 6) is 1.42. The Morgan fingerprint density at radius 2 is 1.45 bits per heavy atom. The van der Waals surface area contributed by atoms with E-state index in [0.717, 1.165) is 30.7 Å². The number of imidazole rings is 1. The van der Waals surface area contributed by atoms with Crippen LogP contribution in [0, 0.1) is 5.92 Å². The molecule has 3 rings (SSSR count). The van der Waals surface area contributed by atoms with Crippen molar-refractivity contribution in [3.63, 3.8) is 0 Å². The van der Waals surface area contributed by atoms with E-state index in [1.807, 2.05) is 6.07 Å². The van der Waals surface area contributed by atoms with E-state index in [-0.39, 0.29) is 17.9 Å². The highest BCUT2D eigenvalue weighted by Crippen LogP contribution is 2.30. The van der Waals surface area contributed by atoms with Crippen molar-refractivity contribution in [2.24, 2.45) is 5.92 Å². The highest BCUT2D eigenvalue weighted by Gasteiger charge is 2.31. The average molecular weight is 454 g/mol. The molecule has 1 aliphatic carbocycles. The van der Waals surface area contributed by atoms with Gasteiger partial charge in [-0.3, -0.25) is 4.79 Å². The lowest BCUT2D eigenvalue weighted by molar-refractivity contribution is -0.123. The van der Waals surface area contributed by atoms with Crippen LogP contribution in [0.2, 0.25) is 0 Å². The average Bonchev–Trinajstić information content (AvgIpc) is 3.61. The molecule has 1 N–H and O–H groups in total. The number of rotatable bonds is 18. The van der Waals surface area contributed by atoms with E-state index >= 15 is 0 Å². The summed E-state index contributed by atoms with van der Waals surface area (Å²) in [7, 11) is 0. The summed E-state index contributed by atoms with van der Waals surface area (Å²) in [5.41, 5.74) is 2.22. The molecule has 4 heteroatoms. The Labute approximate surface area is 201 Å². The number of carbonyl (C=O) groups is 1. The Kier molecular flexibility index (Phi) is 11.3. The van der Waals surface area contributed by atoms with Crippen LogP contribution in [-0.4, -0.2) is 15.5 Å². The number of unbranched alkanes of at least 4 members (excludes halogenated alkanes) is 13. The number of amides is 1. The van der Waals surface area contributed by atoms with Crippen molar-refractivity contribution in [3.8, 4) is 0 Å². The zero-order valence-electron chi connectivity index (χ0n) is 21.3. The maximum Gasteiger partial charge on any atom is 0.223 e. The number of aromatic nitrogens is 2. The number of nitrogens with one attached hydrogen (secondary N) is 1. The van der Waals surface area contributed by atoms with Gasteiger partial charge in [0.05, 0.1) is 17.1 Å². The number of hydrogen-bond donors (Lipinski definition) is 1. The second-order valence-electron chi connectivity index (χ2n) is 10.2. The first-order valence-corrected chi connectivity index (χ1v) is 14.0. The molecule has 1 unspecified atom stereocenters. The number of para-hydroxylation sites is 2. The fourth-order valence-electron chi connectivity index (χ4n) is 4.87. The standard InChI is InChI=1S/C29H47N3O/c1-3-4-5-6-7-8-9-10-11-12-13-14-15-18-23-32-27-20-17-16-19-26(27)31-28(32)24(2)30-29(33)25-21-22-25/h16-17,19-20,24-25H,3-15,18,21-23H2,1-2H3,(H,30,33). The van der Waals surface area contributed by atoms with Crippen LogP contribution in [0.1, 0.15) is 128 Å². The van der Waals surface area contributed by atoms with Crippen molar-refractivity contribution >= 4 is 16.9 Å². The molecular formula is C29H47N3O. The molecule has 184 valence electrons. The minimum Gasteiger partial charge on any atom is -0.346 e. The van der Waals surface area contributed by atoms with Crippen LogP contribution < -0.4 is 5.32 Å². The van der Waals surface area contributed by atoms with E-state index in [1.165, 1.54) is 95.4 Å². The molecule has 1 amide bonds. The number of hydrogen-bond acceptors (Lipinski definition) is 2. The Morgan fingerprint density at radius 3 is 2.03 bits per heavy atom. The highest BCUT2D eigenvalue weighted by molar-refractivity contribution is 5.81. The summed E-state index contributed by atoms with van der Waals surface area (Å²) in [6.07, 6.45) is 21.3. The largest absolute Gasteiger partial charge is 0.346 e. The Bertz CT molecular complexity index is 823. The zero-order valence-corrected chi connectivity index (χ0v) is 21.3. The molecule has 0 radical (unpaired) electrons. The van der Waals surface area contributed by atoms with Crippen LogP contribution >= 0.6 is 0 Å². The molecular weight excluding hydrogens is 406 g/mol. The van der Waals surface area contributed by atoms with Gasteiger partial charge in [0.15, 0.2) is 0 Å². The van der Waals surface area contributed by atoms with E-state index < -0.39 is 0 Å². The molecule has 1 saturated carbocycles. The van der Waals surface area contributed by atoms with Crippen LogP contribution in [-0.2, 0) is 11.3 Å². The second kappa shape index (κ2) is 14.4. The van der Waals surface area contributed by atoms with E-state index in [1.54, 1.807) is 0 Å². The molecule has 1 aromatic heterocycles. The molecule has 0 aliphatic heterocycles. The Balaban J connectivity index is 1.32. The molecule has 0 spiro atoms. The summed E-state index contributed by atoms with van der Waals surface area (Å²) < 4.78 is 2.34. The van der Waals surface area contributed by atoms with Gasteiger partial charge in [-0.2, -0.15) is 0 Å². The zero-order chi connectivity index (χ0) is 23.3. The molecule has 1 heterocycles. The van der Waals surface area contributed by atoms with Gasteiger partial charge in [-0.05, 0) is 38.3 Å². The minimum atomic E-state index is -0.0443. The fraction of sp³-hybridized carbons (Fsp3) is 0.724. The smallest absolute Gasteiger partial charge is 0.223 e. The summed E-state index contributed by atoms with van der Waals surface area (Å²) in [4.78, 5) is 17.1. The number of aryl methyl sites for hydroxylation is 1. The first-order chi connectivity index (χ1) is 16.2. The Morgan fingerprint density at radius 1 is 0.909 bits per heavy atom. The van der Waals surface area contributed by atoms with Crippen LogP contribution in [0.3, 0.4) is 0 Å². The first-order valence-electron chi connectivity index (χ1n) is 14.0. The first kappa shape index (κ1) is 25.8. The van der Waals surface area contributed by atoms with Crippen molar-refractivity contribution in [3.05, 3.63) is 30.1 Å². The topological polar surface area (TPSA) is 46.9 Å². The third kappa shape index (κ3) is 8.79. The third-order valence-corrected chi connectivity index (χ3v) is 7.11. The van der Waals surface area contributed by atoms with Gasteiger partial charge in [0.2, 0.25) is 5.91 Å².